The number of hydrogen-bond acceptors (Lipinski definition) is 1. The number of hydrogen-bond donors (Lipinski definition) is 1. The van der Waals surface area contributed by atoms with Crippen LogP contribution in [0.25, 0.3) is 6.08 Å². The zero-order valence-corrected chi connectivity index (χ0v) is 10.6. The molecule has 0 radical (unpaired) electrons. The Bertz CT molecular complexity index is 525. The van der Waals surface area contributed by atoms with Crippen LogP contribution in [0, 0.1) is 20.8 Å². The van der Waals surface area contributed by atoms with Crippen molar-refractivity contribution in [2.24, 2.45) is 4.99 Å². The molecule has 1 aromatic rings. The highest BCUT2D eigenvalue weighted by molar-refractivity contribution is 5.87. The molecule has 0 aliphatic carbocycles. The van der Waals surface area contributed by atoms with Crippen molar-refractivity contribution in [1.82, 2.24) is 4.98 Å². The maximum Gasteiger partial charge on any atom is 0.0682 e. The molecule has 1 aliphatic heterocycles. The van der Waals surface area contributed by atoms with Crippen LogP contribution in [0.3, 0.4) is 0 Å². The molecule has 0 fully saturated rings. The van der Waals surface area contributed by atoms with Gasteiger partial charge >= 0.3 is 0 Å². The standard InChI is InChI=1S/C14H18N2/c1-8-7-15-13(9(8)2)6-14-11(4)10(3)12(5)16-14/h6-7,16H,1-5H3. The van der Waals surface area contributed by atoms with Crippen LogP contribution < -0.4 is 0 Å². The Morgan fingerprint density at radius 2 is 1.75 bits per heavy atom. The highest BCUT2D eigenvalue weighted by Gasteiger charge is 2.11. The number of nitrogens with zero attached hydrogens (tertiary/aromatic N) is 1. The van der Waals surface area contributed by atoms with Gasteiger partial charge in [0.2, 0.25) is 0 Å². The summed E-state index contributed by atoms with van der Waals surface area (Å²) >= 11 is 0. The van der Waals surface area contributed by atoms with Crippen LogP contribution in [-0.4, -0.2) is 11.2 Å². The Morgan fingerprint density at radius 3 is 2.19 bits per heavy atom. The second-order valence-corrected chi connectivity index (χ2v) is 4.51. The van der Waals surface area contributed by atoms with Gasteiger partial charge in [-0.3, -0.25) is 4.99 Å². The van der Waals surface area contributed by atoms with Crippen LogP contribution >= 0.6 is 0 Å². The van der Waals surface area contributed by atoms with Gasteiger partial charge in [-0.1, -0.05) is 0 Å². The van der Waals surface area contributed by atoms with Gasteiger partial charge in [0, 0.05) is 17.6 Å². The van der Waals surface area contributed by atoms with Crippen molar-refractivity contribution in [1.29, 1.82) is 0 Å². The van der Waals surface area contributed by atoms with Gasteiger partial charge in [-0.2, -0.15) is 0 Å². The first-order valence-electron chi connectivity index (χ1n) is 5.60. The molecule has 0 spiro atoms. The quantitative estimate of drug-likeness (QED) is 0.738. The predicted molar refractivity (Wildman–Crippen MR) is 69.8 cm³/mol. The molecule has 2 heterocycles. The van der Waals surface area contributed by atoms with Crippen molar-refractivity contribution < 1.29 is 0 Å². The topological polar surface area (TPSA) is 28.1 Å². The van der Waals surface area contributed by atoms with Gasteiger partial charge in [0.05, 0.1) is 5.70 Å². The average molecular weight is 214 g/mol. The normalized spacial score (nSPS) is 17.9. The van der Waals surface area contributed by atoms with E-state index in [1.807, 2.05) is 6.21 Å². The van der Waals surface area contributed by atoms with Gasteiger partial charge in [0.1, 0.15) is 0 Å². The zero-order chi connectivity index (χ0) is 11.9. The van der Waals surface area contributed by atoms with E-state index in [9.17, 15) is 0 Å². The number of aryl methyl sites for hydroxylation is 1. The Kier molecular flexibility index (Phi) is 2.58. The van der Waals surface area contributed by atoms with E-state index in [4.69, 9.17) is 0 Å². The van der Waals surface area contributed by atoms with E-state index >= 15 is 0 Å². The first kappa shape index (κ1) is 10.9. The third-order valence-corrected chi connectivity index (χ3v) is 3.51. The number of H-pyrrole nitrogens is 1. The molecule has 0 atom stereocenters. The van der Waals surface area contributed by atoms with Crippen molar-refractivity contribution in [3.05, 3.63) is 39.4 Å². The molecule has 2 heteroatoms. The van der Waals surface area contributed by atoms with Crippen LogP contribution in [0.4, 0.5) is 0 Å². The SMILES string of the molecule is CC1=C(C)C(=Cc2[nH]c(C)c(C)c2C)N=C1. The number of rotatable bonds is 1. The van der Waals surface area contributed by atoms with Crippen molar-refractivity contribution in [2.45, 2.75) is 34.6 Å². The third-order valence-electron chi connectivity index (χ3n) is 3.51. The van der Waals surface area contributed by atoms with Gasteiger partial charge in [0.15, 0.2) is 0 Å². The Labute approximate surface area is 96.8 Å². The number of allylic oxidation sites excluding steroid dienone is 2. The molecule has 0 amide bonds. The summed E-state index contributed by atoms with van der Waals surface area (Å²) in [5.41, 5.74) is 8.67. The van der Waals surface area contributed by atoms with Crippen LogP contribution in [0.1, 0.15) is 36.4 Å². The summed E-state index contributed by atoms with van der Waals surface area (Å²) in [6, 6.07) is 0. The van der Waals surface area contributed by atoms with E-state index in [0.717, 1.165) is 5.70 Å². The summed E-state index contributed by atoms with van der Waals surface area (Å²) < 4.78 is 0. The fraction of sp³-hybridized carbons (Fsp3) is 0.357. The molecular formula is C14H18N2. The number of aromatic nitrogens is 1. The molecule has 2 rings (SSSR count). The predicted octanol–water partition coefficient (Wildman–Crippen LogP) is 3.70. The number of nitrogens with one attached hydrogen (secondary N) is 1. The summed E-state index contributed by atoms with van der Waals surface area (Å²) in [4.78, 5) is 7.82. The fourth-order valence-corrected chi connectivity index (χ4v) is 1.86. The van der Waals surface area contributed by atoms with Crippen molar-refractivity contribution in [2.75, 3.05) is 0 Å². The van der Waals surface area contributed by atoms with Crippen molar-refractivity contribution in [3.8, 4) is 0 Å². The van der Waals surface area contributed by atoms with Gasteiger partial charge in [-0.25, -0.2) is 0 Å². The first-order valence-corrected chi connectivity index (χ1v) is 5.60. The van der Waals surface area contributed by atoms with Crippen LogP contribution in [0.5, 0.6) is 0 Å². The lowest BCUT2D eigenvalue weighted by atomic mass is 10.1. The molecule has 84 valence electrons. The van der Waals surface area contributed by atoms with Gasteiger partial charge in [-0.15, -0.1) is 0 Å². The summed E-state index contributed by atoms with van der Waals surface area (Å²) in [6.07, 6.45) is 4.07. The van der Waals surface area contributed by atoms with E-state index in [-0.39, 0.29) is 0 Å². The highest BCUT2D eigenvalue weighted by atomic mass is 14.8. The Morgan fingerprint density at radius 1 is 1.06 bits per heavy atom. The molecule has 0 saturated heterocycles. The summed E-state index contributed by atoms with van der Waals surface area (Å²) in [5.74, 6) is 0. The van der Waals surface area contributed by atoms with Gasteiger partial charge in [-0.05, 0) is 63.0 Å². The van der Waals surface area contributed by atoms with E-state index < -0.39 is 0 Å². The minimum absolute atomic E-state index is 1.07. The molecule has 0 aromatic carbocycles. The molecule has 1 aliphatic rings. The lowest BCUT2D eigenvalue weighted by Crippen LogP contribution is -1.82. The Hall–Kier alpha value is -1.57. The zero-order valence-electron chi connectivity index (χ0n) is 10.6. The summed E-state index contributed by atoms with van der Waals surface area (Å²) in [7, 11) is 0. The molecule has 0 bridgehead atoms. The highest BCUT2D eigenvalue weighted by Crippen LogP contribution is 2.25. The fourth-order valence-electron chi connectivity index (χ4n) is 1.86. The molecule has 2 nitrogen and oxygen atoms in total. The molecule has 1 N–H and O–H groups in total. The first-order chi connectivity index (χ1) is 7.50. The molecule has 0 unspecified atom stereocenters. The van der Waals surface area contributed by atoms with Crippen molar-refractivity contribution in [3.63, 3.8) is 0 Å². The molecule has 0 saturated carbocycles. The number of aliphatic imine (C=N–C) groups is 1. The average Bonchev–Trinajstić information content (AvgIpc) is 2.68. The molecule has 16 heavy (non-hydrogen) atoms. The molecule has 1 aromatic heterocycles. The Balaban J connectivity index is 2.46. The lowest BCUT2D eigenvalue weighted by Gasteiger charge is -1.98. The molecular weight excluding hydrogens is 196 g/mol. The van der Waals surface area contributed by atoms with E-state index in [2.05, 4.69) is 50.7 Å². The third kappa shape index (κ3) is 1.64. The van der Waals surface area contributed by atoms with Gasteiger partial charge < -0.3 is 4.98 Å². The maximum atomic E-state index is 4.42. The number of aromatic amines is 1. The maximum absolute atomic E-state index is 4.42. The van der Waals surface area contributed by atoms with Gasteiger partial charge in [0.25, 0.3) is 0 Å². The largest absolute Gasteiger partial charge is 0.359 e. The van der Waals surface area contributed by atoms with Crippen molar-refractivity contribution >= 4 is 12.3 Å². The smallest absolute Gasteiger partial charge is 0.0682 e. The summed E-state index contributed by atoms with van der Waals surface area (Å²) in [5, 5.41) is 0. The van der Waals surface area contributed by atoms with E-state index in [1.165, 1.54) is 33.7 Å². The van der Waals surface area contributed by atoms with E-state index in [1.54, 1.807) is 0 Å². The monoisotopic (exact) mass is 214 g/mol. The second-order valence-electron chi connectivity index (χ2n) is 4.51. The van der Waals surface area contributed by atoms with Crippen LogP contribution in [-0.2, 0) is 0 Å². The van der Waals surface area contributed by atoms with Crippen LogP contribution in [0.15, 0.2) is 21.8 Å². The minimum atomic E-state index is 1.07. The second kappa shape index (κ2) is 3.78. The van der Waals surface area contributed by atoms with E-state index in [0.29, 0.717) is 0 Å². The lowest BCUT2D eigenvalue weighted by molar-refractivity contribution is 1.21. The minimum Gasteiger partial charge on any atom is -0.359 e. The summed E-state index contributed by atoms with van der Waals surface area (Å²) in [6.45, 7) is 10.6. The van der Waals surface area contributed by atoms with Crippen LogP contribution in [0.2, 0.25) is 0 Å².